The van der Waals surface area contributed by atoms with Gasteiger partial charge in [-0.05, 0) is 29.8 Å². The van der Waals surface area contributed by atoms with E-state index in [0.29, 0.717) is 11.3 Å². The summed E-state index contributed by atoms with van der Waals surface area (Å²) in [5, 5.41) is 20.9. The highest BCUT2D eigenvalue weighted by Crippen LogP contribution is 2.15. The summed E-state index contributed by atoms with van der Waals surface area (Å²) in [5.74, 6) is -3.50. The summed E-state index contributed by atoms with van der Waals surface area (Å²) in [6, 6.07) is 10.4. The predicted molar refractivity (Wildman–Crippen MR) is 93.7 cm³/mol. The Morgan fingerprint density at radius 1 is 0.963 bits per heavy atom. The summed E-state index contributed by atoms with van der Waals surface area (Å²) < 4.78 is 4.90. The molecule has 0 aromatic heterocycles. The number of esters is 1. The molecule has 0 unspecified atom stereocenters. The van der Waals surface area contributed by atoms with Gasteiger partial charge in [0.25, 0.3) is 5.91 Å². The fraction of sp³-hybridized carbons (Fsp3) is 0.158. The summed E-state index contributed by atoms with van der Waals surface area (Å²) in [7, 11) is 0. The minimum Gasteiger partial charge on any atom is -0.480 e. The Bertz CT molecular complexity index is 874. The summed E-state index contributed by atoms with van der Waals surface area (Å²) in [6.45, 7) is 1.26. The van der Waals surface area contributed by atoms with E-state index in [4.69, 9.17) is 9.84 Å². The number of hydrogen-bond donors (Lipinski definition) is 3. The highest BCUT2D eigenvalue weighted by Gasteiger charge is 2.23. The van der Waals surface area contributed by atoms with Gasteiger partial charge in [-0.15, -0.1) is 0 Å². The minimum absolute atomic E-state index is 0.0311. The van der Waals surface area contributed by atoms with Crippen LogP contribution in [-0.2, 0) is 16.0 Å². The van der Waals surface area contributed by atoms with E-state index in [1.165, 1.54) is 43.3 Å². The normalized spacial score (nSPS) is 11.3. The number of rotatable bonds is 7. The van der Waals surface area contributed by atoms with Crippen molar-refractivity contribution in [3.8, 4) is 5.75 Å². The van der Waals surface area contributed by atoms with Gasteiger partial charge < -0.3 is 20.3 Å². The third-order valence-electron chi connectivity index (χ3n) is 3.63. The standard InChI is InChI=1S/C19H17NO7/c1-11(21)27-13-8-6-12(7-9-13)10-16(19(25)26)20-17(22)14-4-2-3-5-15(14)18(23)24/h2-9,16H,10H2,1H3,(H,20,22)(H,23,24)(H,25,26)/t16-/m0/s1. The third kappa shape index (κ3) is 5.40. The third-order valence-corrected chi connectivity index (χ3v) is 3.63. The van der Waals surface area contributed by atoms with Gasteiger partial charge in [0.1, 0.15) is 11.8 Å². The number of aliphatic carboxylic acids is 1. The molecule has 0 saturated carbocycles. The van der Waals surface area contributed by atoms with Crippen LogP contribution in [-0.4, -0.2) is 40.1 Å². The molecule has 0 fully saturated rings. The SMILES string of the molecule is CC(=O)Oc1ccc(C[C@H](NC(=O)c2ccccc2C(=O)O)C(=O)O)cc1. The zero-order valence-electron chi connectivity index (χ0n) is 14.3. The molecule has 0 radical (unpaired) electrons. The fourth-order valence-corrected chi connectivity index (χ4v) is 2.40. The lowest BCUT2D eigenvalue weighted by Gasteiger charge is -2.16. The molecule has 2 aromatic carbocycles. The fourth-order valence-electron chi connectivity index (χ4n) is 2.40. The number of carbonyl (C=O) groups excluding carboxylic acids is 2. The molecule has 0 saturated heterocycles. The van der Waals surface area contributed by atoms with E-state index in [2.05, 4.69) is 5.32 Å². The van der Waals surface area contributed by atoms with Crippen molar-refractivity contribution in [2.45, 2.75) is 19.4 Å². The van der Waals surface area contributed by atoms with Crippen molar-refractivity contribution in [2.75, 3.05) is 0 Å². The van der Waals surface area contributed by atoms with Crippen molar-refractivity contribution in [2.24, 2.45) is 0 Å². The van der Waals surface area contributed by atoms with Crippen molar-refractivity contribution in [1.29, 1.82) is 0 Å². The lowest BCUT2D eigenvalue weighted by atomic mass is 10.0. The second-order valence-electron chi connectivity index (χ2n) is 5.66. The Morgan fingerprint density at radius 2 is 1.56 bits per heavy atom. The van der Waals surface area contributed by atoms with Crippen LogP contribution in [0, 0.1) is 0 Å². The van der Waals surface area contributed by atoms with Gasteiger partial charge in [0.15, 0.2) is 0 Å². The first-order valence-electron chi connectivity index (χ1n) is 7.91. The van der Waals surface area contributed by atoms with Gasteiger partial charge in [-0.3, -0.25) is 9.59 Å². The van der Waals surface area contributed by atoms with Crippen LogP contribution >= 0.6 is 0 Å². The number of hydrogen-bond acceptors (Lipinski definition) is 5. The largest absolute Gasteiger partial charge is 0.480 e. The molecule has 8 nitrogen and oxygen atoms in total. The molecule has 2 aromatic rings. The molecule has 0 aliphatic carbocycles. The summed E-state index contributed by atoms with van der Waals surface area (Å²) >= 11 is 0. The second-order valence-corrected chi connectivity index (χ2v) is 5.66. The molecule has 0 bridgehead atoms. The van der Waals surface area contributed by atoms with E-state index in [-0.39, 0.29) is 17.5 Å². The average molecular weight is 371 g/mol. The Labute approximate surface area is 154 Å². The van der Waals surface area contributed by atoms with E-state index in [0.717, 1.165) is 0 Å². The zero-order valence-corrected chi connectivity index (χ0v) is 14.3. The molecular weight excluding hydrogens is 354 g/mol. The van der Waals surface area contributed by atoms with Crippen molar-refractivity contribution < 1.29 is 34.1 Å². The Morgan fingerprint density at radius 3 is 2.07 bits per heavy atom. The number of aromatic carboxylic acids is 1. The lowest BCUT2D eigenvalue weighted by molar-refractivity contribution is -0.139. The summed E-state index contributed by atoms with van der Waals surface area (Å²) in [4.78, 5) is 46.0. The van der Waals surface area contributed by atoms with Gasteiger partial charge in [0, 0.05) is 13.3 Å². The van der Waals surface area contributed by atoms with Crippen LogP contribution in [0.2, 0.25) is 0 Å². The van der Waals surface area contributed by atoms with Gasteiger partial charge in [0.2, 0.25) is 0 Å². The van der Waals surface area contributed by atoms with Crippen LogP contribution in [0.4, 0.5) is 0 Å². The van der Waals surface area contributed by atoms with Crippen LogP contribution in [0.25, 0.3) is 0 Å². The Balaban J connectivity index is 2.14. The van der Waals surface area contributed by atoms with Crippen molar-refractivity contribution in [3.63, 3.8) is 0 Å². The van der Waals surface area contributed by atoms with Crippen LogP contribution in [0.1, 0.15) is 33.2 Å². The maximum absolute atomic E-state index is 12.4. The number of amides is 1. The lowest BCUT2D eigenvalue weighted by Crippen LogP contribution is -2.42. The van der Waals surface area contributed by atoms with Crippen LogP contribution in [0.5, 0.6) is 5.75 Å². The maximum Gasteiger partial charge on any atom is 0.336 e. The molecule has 8 heteroatoms. The molecule has 140 valence electrons. The molecule has 0 aliphatic heterocycles. The molecule has 3 N–H and O–H groups in total. The van der Waals surface area contributed by atoms with Gasteiger partial charge >= 0.3 is 17.9 Å². The molecule has 1 amide bonds. The number of nitrogens with one attached hydrogen (secondary N) is 1. The molecule has 0 heterocycles. The number of carbonyl (C=O) groups is 4. The molecule has 1 atom stereocenters. The van der Waals surface area contributed by atoms with Crippen LogP contribution in [0.3, 0.4) is 0 Å². The van der Waals surface area contributed by atoms with E-state index in [1.54, 1.807) is 12.1 Å². The Hall–Kier alpha value is -3.68. The number of carboxylic acid groups (broad SMARTS) is 2. The quantitative estimate of drug-likeness (QED) is 0.499. The maximum atomic E-state index is 12.4. The smallest absolute Gasteiger partial charge is 0.336 e. The van der Waals surface area contributed by atoms with Crippen molar-refractivity contribution in [1.82, 2.24) is 5.32 Å². The molecule has 27 heavy (non-hydrogen) atoms. The van der Waals surface area contributed by atoms with Crippen LogP contribution < -0.4 is 10.1 Å². The number of ether oxygens (including phenoxy) is 1. The van der Waals surface area contributed by atoms with Crippen molar-refractivity contribution >= 4 is 23.8 Å². The van der Waals surface area contributed by atoms with E-state index in [9.17, 15) is 24.3 Å². The Kier molecular flexibility index (Phi) is 6.27. The zero-order chi connectivity index (χ0) is 20.0. The first-order chi connectivity index (χ1) is 12.8. The average Bonchev–Trinajstić information content (AvgIpc) is 2.62. The molecule has 2 rings (SSSR count). The van der Waals surface area contributed by atoms with Gasteiger partial charge in [-0.2, -0.15) is 0 Å². The first kappa shape index (κ1) is 19.6. The van der Waals surface area contributed by atoms with Crippen molar-refractivity contribution in [3.05, 3.63) is 65.2 Å². The van der Waals surface area contributed by atoms with E-state index >= 15 is 0 Å². The number of benzene rings is 2. The molecule has 0 spiro atoms. The van der Waals surface area contributed by atoms with Gasteiger partial charge in [-0.25, -0.2) is 9.59 Å². The number of carboxylic acids is 2. The predicted octanol–water partition coefficient (Wildman–Crippen LogP) is 1.74. The second kappa shape index (κ2) is 8.61. The highest BCUT2D eigenvalue weighted by molar-refractivity contribution is 6.05. The summed E-state index contributed by atoms with van der Waals surface area (Å²) in [6.07, 6.45) is -0.0311. The minimum atomic E-state index is -1.28. The monoisotopic (exact) mass is 371 g/mol. The van der Waals surface area contributed by atoms with Gasteiger partial charge in [0.05, 0.1) is 11.1 Å². The van der Waals surface area contributed by atoms with Crippen LogP contribution in [0.15, 0.2) is 48.5 Å². The van der Waals surface area contributed by atoms with Gasteiger partial charge in [-0.1, -0.05) is 24.3 Å². The summed E-state index contributed by atoms with van der Waals surface area (Å²) in [5.41, 5.74) is 0.247. The first-order valence-corrected chi connectivity index (χ1v) is 7.91. The highest BCUT2D eigenvalue weighted by atomic mass is 16.5. The van der Waals surface area contributed by atoms with E-state index in [1.807, 2.05) is 0 Å². The molecule has 0 aliphatic rings. The van der Waals surface area contributed by atoms with E-state index < -0.39 is 29.9 Å². The topological polar surface area (TPSA) is 130 Å². The molecular formula is C19H17NO7.